The van der Waals surface area contributed by atoms with Gasteiger partial charge in [-0.3, -0.25) is 0 Å². The van der Waals surface area contributed by atoms with Crippen LogP contribution in [0.3, 0.4) is 0 Å². The third-order valence-corrected chi connectivity index (χ3v) is 11.9. The van der Waals surface area contributed by atoms with Crippen LogP contribution >= 0.6 is 0 Å². The minimum Gasteiger partial charge on any atom is -0.550 e. The van der Waals surface area contributed by atoms with Gasteiger partial charge in [0.05, 0.1) is 8.07 Å². The molecule has 2 aliphatic rings. The van der Waals surface area contributed by atoms with Gasteiger partial charge in [0.25, 0.3) is 0 Å². The molecule has 0 radical (unpaired) electrons. The molecule has 122 valence electrons. The summed E-state index contributed by atoms with van der Waals surface area (Å²) in [6, 6.07) is 2.47. The smallest absolute Gasteiger partial charge is 0.0536 e. The van der Waals surface area contributed by atoms with Crippen molar-refractivity contribution in [2.45, 2.75) is 95.3 Å². The van der Waals surface area contributed by atoms with E-state index in [1.807, 2.05) is 0 Å². The molecule has 0 amide bonds. The van der Waals surface area contributed by atoms with E-state index in [9.17, 15) is 9.90 Å². The number of aliphatic carboxylic acids is 1. The summed E-state index contributed by atoms with van der Waals surface area (Å²) < 4.78 is 0. The summed E-state index contributed by atoms with van der Waals surface area (Å²) >= 11 is 0. The largest absolute Gasteiger partial charge is 0.550 e. The average Bonchev–Trinajstić information content (AvgIpc) is 2.48. The second-order valence-corrected chi connectivity index (χ2v) is 13.1. The van der Waals surface area contributed by atoms with Crippen LogP contribution in [-0.2, 0) is 4.79 Å². The third-order valence-electron chi connectivity index (χ3n) is 6.51. The highest BCUT2D eigenvalue weighted by Gasteiger charge is 2.41. The van der Waals surface area contributed by atoms with E-state index in [-0.39, 0.29) is 5.92 Å². The van der Waals surface area contributed by atoms with E-state index in [0.717, 1.165) is 24.3 Å². The van der Waals surface area contributed by atoms with Gasteiger partial charge in [-0.05, 0) is 30.2 Å². The summed E-state index contributed by atoms with van der Waals surface area (Å²) in [6.07, 6.45) is 13.2. The zero-order chi connectivity index (χ0) is 15.3. The highest BCUT2D eigenvalue weighted by molar-refractivity contribution is 6.80. The monoisotopic (exact) mass is 309 g/mol. The van der Waals surface area contributed by atoms with E-state index in [0.29, 0.717) is 0 Å². The normalized spacial score (nSPS) is 37.3. The highest BCUT2D eigenvalue weighted by Crippen LogP contribution is 2.47. The van der Waals surface area contributed by atoms with E-state index in [2.05, 4.69) is 13.5 Å². The third kappa shape index (κ3) is 4.58. The minimum absolute atomic E-state index is 0.143. The van der Waals surface area contributed by atoms with Crippen LogP contribution in [0.15, 0.2) is 0 Å². The lowest BCUT2D eigenvalue weighted by atomic mass is 9.85. The molecule has 3 heteroatoms. The zero-order valence-corrected chi connectivity index (χ0v) is 15.0. The first-order chi connectivity index (χ1) is 10.0. The number of hydrogen-bond acceptors (Lipinski definition) is 2. The fourth-order valence-corrected chi connectivity index (χ4v) is 9.56. The molecular weight excluding hydrogens is 276 g/mol. The quantitative estimate of drug-likeness (QED) is 0.540. The van der Waals surface area contributed by atoms with E-state index in [1.165, 1.54) is 63.5 Å². The fourth-order valence-electron chi connectivity index (χ4n) is 4.75. The van der Waals surface area contributed by atoms with Gasteiger partial charge in [-0.25, -0.2) is 0 Å². The van der Waals surface area contributed by atoms with Crippen LogP contribution in [-0.4, -0.2) is 14.0 Å². The Labute approximate surface area is 131 Å². The molecule has 1 aliphatic heterocycles. The summed E-state index contributed by atoms with van der Waals surface area (Å²) in [4.78, 5) is 11.0. The second kappa shape index (κ2) is 7.80. The number of carboxylic acid groups (broad SMARTS) is 1. The van der Waals surface area contributed by atoms with E-state index in [1.54, 1.807) is 0 Å². The van der Waals surface area contributed by atoms with Crippen molar-refractivity contribution in [2.24, 2.45) is 11.8 Å². The summed E-state index contributed by atoms with van der Waals surface area (Å²) in [6.45, 7) is 4.84. The average molecular weight is 310 g/mol. The number of unbranched alkanes of at least 4 members (excludes halogenated alkanes) is 2. The van der Waals surface area contributed by atoms with Crippen molar-refractivity contribution in [1.82, 2.24) is 0 Å². The van der Waals surface area contributed by atoms with Crippen molar-refractivity contribution in [3.8, 4) is 0 Å². The topological polar surface area (TPSA) is 40.1 Å². The predicted molar refractivity (Wildman–Crippen MR) is 88.8 cm³/mol. The molecule has 0 unspecified atom stereocenters. The van der Waals surface area contributed by atoms with Gasteiger partial charge in [0.2, 0.25) is 0 Å². The molecule has 0 aromatic carbocycles. The first-order valence-electron chi connectivity index (χ1n) is 9.26. The molecule has 1 saturated heterocycles. The van der Waals surface area contributed by atoms with Gasteiger partial charge in [-0.15, -0.1) is 0 Å². The maximum Gasteiger partial charge on any atom is 0.0536 e. The molecule has 0 spiro atoms. The number of carbonyl (C=O) groups excluding carboxylic acids is 1. The van der Waals surface area contributed by atoms with E-state index < -0.39 is 14.0 Å². The summed E-state index contributed by atoms with van der Waals surface area (Å²) in [5.74, 6) is 0.0478. The van der Waals surface area contributed by atoms with Crippen LogP contribution in [0.25, 0.3) is 0 Å². The summed E-state index contributed by atoms with van der Waals surface area (Å²) in [5, 5.41) is 11.0. The Balaban J connectivity index is 1.75. The predicted octanol–water partition coefficient (Wildman–Crippen LogP) is 4.37. The van der Waals surface area contributed by atoms with Crippen LogP contribution in [0, 0.1) is 11.8 Å². The van der Waals surface area contributed by atoms with Crippen LogP contribution in [0.1, 0.15) is 71.1 Å². The van der Waals surface area contributed by atoms with Crippen molar-refractivity contribution in [3.05, 3.63) is 0 Å². The second-order valence-electron chi connectivity index (χ2n) is 7.96. The molecular formula is C18H33O2Si-. The lowest BCUT2D eigenvalue weighted by Gasteiger charge is -2.44. The lowest BCUT2D eigenvalue weighted by molar-refractivity contribution is -0.311. The van der Waals surface area contributed by atoms with Crippen LogP contribution < -0.4 is 5.11 Å². The minimum atomic E-state index is -1.18. The highest BCUT2D eigenvalue weighted by atomic mass is 28.3. The Morgan fingerprint density at radius 2 is 1.67 bits per heavy atom. The van der Waals surface area contributed by atoms with Gasteiger partial charge in [-0.1, -0.05) is 76.9 Å². The maximum absolute atomic E-state index is 11.0. The number of rotatable bonds is 6. The van der Waals surface area contributed by atoms with Gasteiger partial charge in [0, 0.05) is 5.97 Å². The van der Waals surface area contributed by atoms with Crippen LogP contribution in [0.4, 0.5) is 0 Å². The number of carbonyl (C=O) groups is 1. The Morgan fingerprint density at radius 3 is 2.19 bits per heavy atom. The Kier molecular flexibility index (Phi) is 6.33. The molecule has 2 rings (SSSR count). The summed E-state index contributed by atoms with van der Waals surface area (Å²) in [7, 11) is -1.18. The maximum atomic E-state index is 11.0. The van der Waals surface area contributed by atoms with E-state index in [4.69, 9.17) is 0 Å². The molecule has 0 aromatic rings. The lowest BCUT2D eigenvalue weighted by Crippen LogP contribution is -2.44. The van der Waals surface area contributed by atoms with Crippen molar-refractivity contribution in [1.29, 1.82) is 0 Å². The first-order valence-corrected chi connectivity index (χ1v) is 12.2. The molecule has 2 nitrogen and oxygen atoms in total. The molecule has 0 bridgehead atoms. The fraction of sp³-hybridized carbons (Fsp3) is 0.944. The van der Waals surface area contributed by atoms with E-state index >= 15 is 0 Å². The van der Waals surface area contributed by atoms with Crippen molar-refractivity contribution in [2.75, 3.05) is 0 Å². The Bertz CT molecular complexity index is 326. The first kappa shape index (κ1) is 17.0. The molecule has 0 N–H and O–H groups in total. The van der Waals surface area contributed by atoms with Gasteiger partial charge in [-0.2, -0.15) is 0 Å². The van der Waals surface area contributed by atoms with Gasteiger partial charge < -0.3 is 9.90 Å². The molecule has 0 atom stereocenters. The Hall–Kier alpha value is -0.313. The molecule has 1 saturated carbocycles. The van der Waals surface area contributed by atoms with Crippen LogP contribution in [0.5, 0.6) is 0 Å². The number of carboxylic acids is 1. The molecule has 1 heterocycles. The standard InChI is InChI=1S/C18H34O2Si/c1-3-4-5-6-15-7-9-17(10-8-15)21(2)13-11-16(12-14-21)18(19)20/h15-17H,3-14H2,1-2H3,(H,19,20)/p-1. The number of hydrogen-bond donors (Lipinski definition) is 0. The van der Waals surface area contributed by atoms with Crippen molar-refractivity contribution < 1.29 is 9.90 Å². The van der Waals surface area contributed by atoms with Gasteiger partial charge >= 0.3 is 0 Å². The van der Waals surface area contributed by atoms with Crippen molar-refractivity contribution >= 4 is 14.0 Å². The van der Waals surface area contributed by atoms with Gasteiger partial charge in [0.1, 0.15) is 0 Å². The molecule has 21 heavy (non-hydrogen) atoms. The SMILES string of the molecule is CCCCCC1CCC([Si]2(C)CCC(C(=O)[O-])CC2)CC1. The molecule has 1 aliphatic carbocycles. The molecule has 2 fully saturated rings. The summed E-state index contributed by atoms with van der Waals surface area (Å²) in [5.41, 5.74) is 0.975. The van der Waals surface area contributed by atoms with Crippen molar-refractivity contribution in [3.63, 3.8) is 0 Å². The molecule has 0 aromatic heterocycles. The zero-order valence-electron chi connectivity index (χ0n) is 14.0. The Morgan fingerprint density at radius 1 is 1.05 bits per heavy atom. The van der Waals surface area contributed by atoms with Gasteiger partial charge in [0.15, 0.2) is 0 Å². The van der Waals surface area contributed by atoms with Crippen LogP contribution in [0.2, 0.25) is 24.2 Å².